The monoisotopic (exact) mass is 663 g/mol. The Kier molecular flexibility index (Phi) is 10.0. The number of morpholine rings is 1. The molecule has 7 rings (SSSR count). The summed E-state index contributed by atoms with van der Waals surface area (Å²) < 4.78 is 43.5. The van der Waals surface area contributed by atoms with E-state index in [1.807, 2.05) is 36.4 Å². The van der Waals surface area contributed by atoms with Crippen LogP contribution in [0, 0.1) is 0 Å². The van der Waals surface area contributed by atoms with Gasteiger partial charge in [0.1, 0.15) is 17.6 Å². The lowest BCUT2D eigenvalue weighted by Crippen LogP contribution is -2.40. The summed E-state index contributed by atoms with van der Waals surface area (Å²) in [4.78, 5) is 17.2. The number of methoxy groups -OCH3 is 1. The van der Waals surface area contributed by atoms with Crippen LogP contribution in [-0.4, -0.2) is 85.3 Å². The van der Waals surface area contributed by atoms with Crippen molar-refractivity contribution in [2.75, 3.05) is 51.8 Å². The number of fused-ring (bicyclic) bond motifs is 2. The Labute approximate surface area is 272 Å². The fraction of sp³-hybridized carbons (Fsp3) is 0.312. The Morgan fingerprint density at radius 3 is 2.26 bits per heavy atom. The minimum Gasteiger partial charge on any atom is -0.497 e. The van der Waals surface area contributed by atoms with Crippen molar-refractivity contribution in [2.24, 2.45) is 0 Å². The van der Waals surface area contributed by atoms with Crippen molar-refractivity contribution in [3.05, 3.63) is 78.3 Å². The molecule has 0 unspecified atom stereocenters. The number of aromatic nitrogens is 4. The van der Waals surface area contributed by atoms with Gasteiger partial charge in [0.05, 0.1) is 36.3 Å². The average Bonchev–Trinajstić information content (AvgIpc) is 3.09. The standard InChI is InChI=1S/C23H27N5O4S.C9H7ClN2O/c29-33(30,28-11-13-31-14-12-28)21-5-2-18(3-6-21)26-23-25-16-17-1-4-20(15-22(17)27-23)32-19-7-9-24-10-8-19;1-13-7-3-2-6-5-11-9(10)12-8(6)4-7/h1-6,15-16,19,24H,7-14H2,(H,25,26,27);2-5H,1H3. The van der Waals surface area contributed by atoms with Crippen LogP contribution < -0.4 is 20.1 Å². The predicted molar refractivity (Wildman–Crippen MR) is 176 cm³/mol. The highest BCUT2D eigenvalue weighted by Gasteiger charge is 2.26. The molecule has 3 aromatic carbocycles. The summed E-state index contributed by atoms with van der Waals surface area (Å²) in [6.07, 6.45) is 5.65. The molecule has 0 saturated carbocycles. The topological polar surface area (TPSA) is 141 Å². The number of piperidine rings is 1. The van der Waals surface area contributed by atoms with Crippen LogP contribution in [0.2, 0.25) is 5.28 Å². The van der Waals surface area contributed by atoms with Gasteiger partial charge in [-0.3, -0.25) is 0 Å². The Hall–Kier alpha value is -4.14. The Morgan fingerprint density at radius 1 is 0.891 bits per heavy atom. The Morgan fingerprint density at radius 2 is 1.54 bits per heavy atom. The fourth-order valence-corrected chi connectivity index (χ4v) is 6.67. The van der Waals surface area contributed by atoms with E-state index in [0.29, 0.717) is 37.9 Å². The van der Waals surface area contributed by atoms with Gasteiger partial charge in [0, 0.05) is 54.1 Å². The van der Waals surface area contributed by atoms with Gasteiger partial charge < -0.3 is 24.8 Å². The molecule has 240 valence electrons. The molecule has 0 amide bonds. The third-order valence-electron chi connectivity index (χ3n) is 7.62. The number of benzene rings is 3. The highest BCUT2D eigenvalue weighted by Crippen LogP contribution is 2.25. The number of nitrogens with zero attached hydrogens (tertiary/aromatic N) is 5. The van der Waals surface area contributed by atoms with Gasteiger partial charge in [-0.15, -0.1) is 0 Å². The molecule has 12 nitrogen and oxygen atoms in total. The van der Waals surface area contributed by atoms with Gasteiger partial charge in [0.15, 0.2) is 0 Å². The number of halogens is 1. The SMILES string of the molecule is COc1ccc2cnc(Cl)nc2c1.O=S(=O)(c1ccc(Nc2ncc3ccc(OC4CCNCC4)cc3n2)cc1)N1CCOCC1. The zero-order valence-electron chi connectivity index (χ0n) is 25.2. The van der Waals surface area contributed by atoms with E-state index in [1.165, 1.54) is 4.31 Å². The minimum absolute atomic E-state index is 0.218. The van der Waals surface area contributed by atoms with E-state index in [-0.39, 0.29) is 16.3 Å². The minimum atomic E-state index is -3.52. The lowest BCUT2D eigenvalue weighted by molar-refractivity contribution is 0.0730. The number of ether oxygens (including phenoxy) is 3. The van der Waals surface area contributed by atoms with Crippen molar-refractivity contribution >= 4 is 55.1 Å². The first-order chi connectivity index (χ1) is 22.4. The molecule has 5 aromatic rings. The summed E-state index contributed by atoms with van der Waals surface area (Å²) in [6.45, 7) is 3.53. The lowest BCUT2D eigenvalue weighted by atomic mass is 10.1. The van der Waals surface area contributed by atoms with E-state index in [2.05, 4.69) is 30.6 Å². The van der Waals surface area contributed by atoms with Crippen molar-refractivity contribution in [2.45, 2.75) is 23.8 Å². The van der Waals surface area contributed by atoms with Crippen LogP contribution in [0.1, 0.15) is 12.8 Å². The van der Waals surface area contributed by atoms with Crippen molar-refractivity contribution in [3.8, 4) is 11.5 Å². The first kappa shape index (κ1) is 31.8. The second-order valence-corrected chi connectivity index (χ2v) is 13.0. The highest BCUT2D eigenvalue weighted by molar-refractivity contribution is 7.89. The largest absolute Gasteiger partial charge is 0.497 e. The smallest absolute Gasteiger partial charge is 0.243 e. The third-order valence-corrected chi connectivity index (χ3v) is 9.72. The number of hydrogen-bond acceptors (Lipinski definition) is 11. The Balaban J connectivity index is 0.000000238. The summed E-state index contributed by atoms with van der Waals surface area (Å²) in [5.41, 5.74) is 2.28. The second-order valence-electron chi connectivity index (χ2n) is 10.7. The molecule has 2 aromatic heterocycles. The van der Waals surface area contributed by atoms with E-state index >= 15 is 0 Å². The first-order valence-electron chi connectivity index (χ1n) is 14.9. The van der Waals surface area contributed by atoms with Crippen molar-refractivity contribution in [3.63, 3.8) is 0 Å². The normalized spacial score (nSPS) is 16.0. The molecule has 46 heavy (non-hydrogen) atoms. The molecule has 2 saturated heterocycles. The third kappa shape index (κ3) is 7.80. The van der Waals surface area contributed by atoms with Crippen molar-refractivity contribution in [1.29, 1.82) is 0 Å². The van der Waals surface area contributed by atoms with E-state index in [1.54, 1.807) is 43.8 Å². The number of hydrogen-bond donors (Lipinski definition) is 2. The molecule has 0 radical (unpaired) electrons. The average molecular weight is 664 g/mol. The van der Waals surface area contributed by atoms with E-state index in [4.69, 9.17) is 25.8 Å². The van der Waals surface area contributed by atoms with Crippen molar-refractivity contribution in [1.82, 2.24) is 29.6 Å². The van der Waals surface area contributed by atoms with Gasteiger partial charge in [-0.05, 0) is 86.1 Å². The molecule has 0 spiro atoms. The molecule has 4 heterocycles. The van der Waals surface area contributed by atoms with Gasteiger partial charge >= 0.3 is 0 Å². The van der Waals surface area contributed by atoms with Gasteiger partial charge in [0.2, 0.25) is 21.3 Å². The molecule has 2 fully saturated rings. The highest BCUT2D eigenvalue weighted by atomic mass is 35.5. The summed E-state index contributed by atoms with van der Waals surface area (Å²) in [5.74, 6) is 2.00. The summed E-state index contributed by atoms with van der Waals surface area (Å²) in [6, 6.07) is 18.1. The van der Waals surface area contributed by atoms with E-state index < -0.39 is 10.0 Å². The van der Waals surface area contributed by atoms with Gasteiger partial charge in [-0.25, -0.2) is 28.4 Å². The zero-order chi connectivity index (χ0) is 31.9. The van der Waals surface area contributed by atoms with Crippen LogP contribution in [0.5, 0.6) is 11.5 Å². The van der Waals surface area contributed by atoms with Crippen LogP contribution in [0.15, 0.2) is 78.0 Å². The van der Waals surface area contributed by atoms with Gasteiger partial charge in [0.25, 0.3) is 0 Å². The first-order valence-corrected chi connectivity index (χ1v) is 16.7. The van der Waals surface area contributed by atoms with Crippen LogP contribution in [0.25, 0.3) is 21.8 Å². The summed E-state index contributed by atoms with van der Waals surface area (Å²) >= 11 is 5.65. The molecule has 2 aliphatic heterocycles. The summed E-state index contributed by atoms with van der Waals surface area (Å²) in [7, 11) is -1.91. The van der Waals surface area contributed by atoms with Crippen LogP contribution in [0.3, 0.4) is 0 Å². The lowest BCUT2D eigenvalue weighted by Gasteiger charge is -2.26. The molecule has 2 N–H and O–H groups in total. The molecule has 0 aliphatic carbocycles. The van der Waals surface area contributed by atoms with Gasteiger partial charge in [-0.1, -0.05) is 0 Å². The summed E-state index contributed by atoms with van der Waals surface area (Å²) in [5, 5.41) is 8.62. The quantitative estimate of drug-likeness (QED) is 0.232. The van der Waals surface area contributed by atoms with Crippen LogP contribution >= 0.6 is 11.6 Å². The maximum atomic E-state index is 12.8. The molecular weight excluding hydrogens is 630 g/mol. The Bertz CT molecular complexity index is 1900. The maximum Gasteiger partial charge on any atom is 0.243 e. The molecule has 0 atom stereocenters. The predicted octanol–water partition coefficient (Wildman–Crippen LogP) is 4.82. The molecule has 0 bridgehead atoms. The zero-order valence-corrected chi connectivity index (χ0v) is 26.8. The van der Waals surface area contributed by atoms with Crippen LogP contribution in [0.4, 0.5) is 11.6 Å². The second kappa shape index (κ2) is 14.5. The molecule has 14 heteroatoms. The van der Waals surface area contributed by atoms with Crippen LogP contribution in [-0.2, 0) is 14.8 Å². The van der Waals surface area contributed by atoms with E-state index in [0.717, 1.165) is 59.2 Å². The van der Waals surface area contributed by atoms with Crippen molar-refractivity contribution < 1.29 is 22.6 Å². The number of sulfonamides is 1. The maximum absolute atomic E-state index is 12.8. The fourth-order valence-electron chi connectivity index (χ4n) is 5.13. The number of anilines is 2. The molecule has 2 aliphatic rings. The number of rotatable bonds is 7. The van der Waals surface area contributed by atoms with E-state index in [9.17, 15) is 8.42 Å². The molecular formula is C32H34ClN7O5S. The number of nitrogens with one attached hydrogen (secondary N) is 2. The van der Waals surface area contributed by atoms with Gasteiger partial charge in [-0.2, -0.15) is 4.31 Å².